The van der Waals surface area contributed by atoms with Crippen molar-refractivity contribution in [2.75, 3.05) is 19.7 Å². The number of aliphatic carboxylic acids is 1. The molecule has 0 saturated heterocycles. The minimum absolute atomic E-state index is 0.00889. The van der Waals surface area contributed by atoms with Crippen LogP contribution in [0.3, 0.4) is 0 Å². The van der Waals surface area contributed by atoms with E-state index in [1.165, 1.54) is 4.31 Å². The number of ether oxygens (including phenoxy) is 2. The van der Waals surface area contributed by atoms with Crippen molar-refractivity contribution in [3.8, 4) is 6.01 Å². The number of nitrogens with zero attached hydrogens (tertiary/aromatic N) is 3. The highest BCUT2D eigenvalue weighted by Crippen LogP contribution is 2.39. The third-order valence-corrected chi connectivity index (χ3v) is 8.91. The fraction of sp³-hybridized carbons (Fsp3) is 0.303. The smallest absolute Gasteiger partial charge is 0.348 e. The van der Waals surface area contributed by atoms with Crippen molar-refractivity contribution < 1.29 is 27.8 Å². The highest BCUT2D eigenvalue weighted by atomic mass is 32.2. The Morgan fingerprint density at radius 1 is 0.860 bits per heavy atom. The number of hydrogen-bond acceptors (Lipinski definition) is 7. The van der Waals surface area contributed by atoms with E-state index in [1.54, 1.807) is 98.8 Å². The van der Waals surface area contributed by atoms with E-state index in [0.717, 1.165) is 6.42 Å². The lowest BCUT2D eigenvalue weighted by molar-refractivity contribution is -0.164. The summed E-state index contributed by atoms with van der Waals surface area (Å²) in [5.74, 6) is -1.30. The van der Waals surface area contributed by atoms with Gasteiger partial charge in [0.05, 0.1) is 11.5 Å². The maximum atomic E-state index is 13.6. The van der Waals surface area contributed by atoms with Gasteiger partial charge >= 0.3 is 12.0 Å². The molecule has 43 heavy (non-hydrogen) atoms. The first-order valence-electron chi connectivity index (χ1n) is 14.2. The van der Waals surface area contributed by atoms with Crippen LogP contribution < -0.4 is 4.74 Å². The second-order valence-corrected chi connectivity index (χ2v) is 12.1. The summed E-state index contributed by atoms with van der Waals surface area (Å²) in [6.07, 6.45) is -0.183. The largest absolute Gasteiger partial charge is 0.478 e. The van der Waals surface area contributed by atoms with Crippen LogP contribution in [0.15, 0.2) is 102 Å². The lowest BCUT2D eigenvalue weighted by atomic mass is 9.81. The van der Waals surface area contributed by atoms with E-state index in [4.69, 9.17) is 9.47 Å². The Kier molecular flexibility index (Phi) is 10.6. The van der Waals surface area contributed by atoms with Gasteiger partial charge in [-0.15, -0.1) is 0 Å². The van der Waals surface area contributed by atoms with Crippen molar-refractivity contribution in [1.29, 1.82) is 0 Å². The van der Waals surface area contributed by atoms with Crippen LogP contribution in [-0.2, 0) is 25.2 Å². The average molecular weight is 604 g/mol. The summed E-state index contributed by atoms with van der Waals surface area (Å²) in [6, 6.07) is 27.8. The van der Waals surface area contributed by atoms with Crippen molar-refractivity contribution in [2.24, 2.45) is 0 Å². The Morgan fingerprint density at radius 2 is 1.37 bits per heavy atom. The van der Waals surface area contributed by atoms with E-state index in [1.807, 2.05) is 19.1 Å². The molecule has 10 heteroatoms. The Bertz CT molecular complexity index is 1530. The summed E-state index contributed by atoms with van der Waals surface area (Å²) < 4.78 is 41.3. The van der Waals surface area contributed by atoms with Gasteiger partial charge in [0, 0.05) is 24.5 Å². The molecule has 0 spiro atoms. The van der Waals surface area contributed by atoms with Crippen molar-refractivity contribution in [1.82, 2.24) is 14.3 Å². The number of benzene rings is 3. The molecule has 0 saturated carbocycles. The van der Waals surface area contributed by atoms with Gasteiger partial charge in [-0.05, 0) is 49.6 Å². The minimum atomic E-state index is -3.83. The van der Waals surface area contributed by atoms with Crippen LogP contribution >= 0.6 is 0 Å². The lowest BCUT2D eigenvalue weighted by Gasteiger charge is -2.39. The molecule has 226 valence electrons. The third kappa shape index (κ3) is 7.45. The minimum Gasteiger partial charge on any atom is -0.478 e. The molecule has 0 aliphatic carbocycles. The molecule has 0 fully saturated rings. The first-order chi connectivity index (χ1) is 20.7. The molecule has 3 aromatic carbocycles. The Labute approximate surface area is 253 Å². The standard InChI is InChI=1S/C33H37N3O6S/c1-4-5-21-36(43(39,40)29-19-13-8-14-20-29)22-23-41-33(27-15-9-6-10-16-27,28-17-11-7-12-18-28)30(31(37)38)42-32-34-25(2)24-26(3)35-32/h6-20,24,30H,4-5,21-23H2,1-3H3,(H,37,38). The summed E-state index contributed by atoms with van der Waals surface area (Å²) in [4.78, 5) is 21.9. The van der Waals surface area contributed by atoms with Crippen LogP contribution in [0.4, 0.5) is 0 Å². The van der Waals surface area contributed by atoms with E-state index >= 15 is 0 Å². The van der Waals surface area contributed by atoms with Crippen LogP contribution in [0.1, 0.15) is 42.3 Å². The van der Waals surface area contributed by atoms with Crippen molar-refractivity contribution in [3.05, 3.63) is 120 Å². The third-order valence-electron chi connectivity index (χ3n) is 7.00. The van der Waals surface area contributed by atoms with E-state index in [0.29, 0.717) is 28.9 Å². The molecule has 0 radical (unpaired) electrons. The molecule has 4 rings (SSSR count). The SMILES string of the molecule is CCCCN(CCOC(c1ccccc1)(c1ccccc1)C(Oc1nc(C)cc(C)n1)C(=O)O)S(=O)(=O)c1ccccc1. The molecule has 0 bridgehead atoms. The van der Waals surface area contributed by atoms with Gasteiger partial charge in [-0.2, -0.15) is 4.31 Å². The van der Waals surface area contributed by atoms with Crippen LogP contribution in [0, 0.1) is 13.8 Å². The van der Waals surface area contributed by atoms with Crippen molar-refractivity contribution in [3.63, 3.8) is 0 Å². The summed E-state index contributed by atoms with van der Waals surface area (Å²) in [5.41, 5.74) is 0.584. The quantitative estimate of drug-likeness (QED) is 0.193. The number of carbonyl (C=O) groups is 1. The van der Waals surface area contributed by atoms with E-state index < -0.39 is 27.7 Å². The fourth-order valence-corrected chi connectivity index (χ4v) is 6.46. The van der Waals surface area contributed by atoms with Gasteiger partial charge in [-0.3, -0.25) is 0 Å². The highest BCUT2D eigenvalue weighted by Gasteiger charge is 2.50. The summed E-state index contributed by atoms with van der Waals surface area (Å²) in [5, 5.41) is 10.7. The van der Waals surface area contributed by atoms with Gasteiger partial charge in [0.1, 0.15) is 0 Å². The first kappa shape index (κ1) is 31.8. The normalized spacial score (nSPS) is 12.7. The predicted molar refractivity (Wildman–Crippen MR) is 163 cm³/mol. The van der Waals surface area contributed by atoms with Gasteiger partial charge < -0.3 is 14.6 Å². The van der Waals surface area contributed by atoms with Crippen LogP contribution in [0.25, 0.3) is 0 Å². The zero-order chi connectivity index (χ0) is 30.9. The van der Waals surface area contributed by atoms with Crippen LogP contribution in [0.5, 0.6) is 6.01 Å². The molecular weight excluding hydrogens is 566 g/mol. The lowest BCUT2D eigenvalue weighted by Crippen LogP contribution is -2.52. The van der Waals surface area contributed by atoms with E-state index in [9.17, 15) is 18.3 Å². The van der Waals surface area contributed by atoms with Crippen LogP contribution in [0.2, 0.25) is 0 Å². The number of sulfonamides is 1. The topological polar surface area (TPSA) is 119 Å². The average Bonchev–Trinajstić information content (AvgIpc) is 3.00. The van der Waals surface area contributed by atoms with Gasteiger partial charge in [-0.1, -0.05) is 92.2 Å². The first-order valence-corrected chi connectivity index (χ1v) is 15.6. The second-order valence-electron chi connectivity index (χ2n) is 10.2. The summed E-state index contributed by atoms with van der Waals surface area (Å²) >= 11 is 0. The molecule has 1 N–H and O–H groups in total. The summed E-state index contributed by atoms with van der Waals surface area (Å²) in [7, 11) is -3.83. The predicted octanol–water partition coefficient (Wildman–Crippen LogP) is 5.38. The maximum Gasteiger partial charge on any atom is 0.348 e. The number of carboxylic acid groups (broad SMARTS) is 1. The maximum absolute atomic E-state index is 13.6. The molecular formula is C33H37N3O6S. The summed E-state index contributed by atoms with van der Waals surface area (Å²) in [6.45, 7) is 5.69. The molecule has 0 aliphatic heterocycles. The second kappa shape index (κ2) is 14.4. The van der Waals surface area contributed by atoms with Crippen molar-refractivity contribution >= 4 is 16.0 Å². The zero-order valence-electron chi connectivity index (χ0n) is 24.6. The van der Waals surface area contributed by atoms with Gasteiger partial charge in [0.2, 0.25) is 16.1 Å². The van der Waals surface area contributed by atoms with Gasteiger partial charge in [-0.25, -0.2) is 23.2 Å². The fourth-order valence-electron chi connectivity index (χ4n) is 4.98. The number of hydrogen-bond donors (Lipinski definition) is 1. The number of aromatic nitrogens is 2. The number of carboxylic acids is 1. The molecule has 0 amide bonds. The molecule has 0 aliphatic rings. The van der Waals surface area contributed by atoms with E-state index in [2.05, 4.69) is 9.97 Å². The Balaban J connectivity index is 1.79. The van der Waals surface area contributed by atoms with Gasteiger partial charge in [0.15, 0.2) is 5.60 Å². The van der Waals surface area contributed by atoms with Crippen molar-refractivity contribution in [2.45, 2.75) is 50.2 Å². The van der Waals surface area contributed by atoms with Gasteiger partial charge in [0.25, 0.3) is 0 Å². The molecule has 1 atom stereocenters. The Hall–Kier alpha value is -4.12. The van der Waals surface area contributed by atoms with E-state index in [-0.39, 0.29) is 30.6 Å². The molecule has 4 aromatic rings. The Morgan fingerprint density at radius 3 is 1.86 bits per heavy atom. The monoisotopic (exact) mass is 603 g/mol. The molecule has 1 unspecified atom stereocenters. The molecule has 9 nitrogen and oxygen atoms in total. The molecule has 1 aromatic heterocycles. The van der Waals surface area contributed by atoms with Crippen LogP contribution in [-0.4, -0.2) is 59.6 Å². The number of aryl methyl sites for hydroxylation is 2. The number of rotatable bonds is 15. The highest BCUT2D eigenvalue weighted by molar-refractivity contribution is 7.89. The number of unbranched alkanes of at least 4 members (excludes halogenated alkanes) is 1. The molecule has 1 heterocycles. The zero-order valence-corrected chi connectivity index (χ0v) is 25.4.